The number of likely N-dealkylation sites (tertiary alicyclic amines) is 1. The number of benzene rings is 2. The van der Waals surface area contributed by atoms with Crippen molar-refractivity contribution >= 4 is 23.1 Å². The summed E-state index contributed by atoms with van der Waals surface area (Å²) in [5.41, 5.74) is 0.751. The molecule has 1 N–H and O–H groups in total. The molecule has 1 unspecified atom stereocenters. The highest BCUT2D eigenvalue weighted by atomic mass is 16.6. The summed E-state index contributed by atoms with van der Waals surface area (Å²) in [7, 11) is 0. The smallest absolute Gasteiger partial charge is 0.295 e. The van der Waals surface area contributed by atoms with Gasteiger partial charge in [-0.15, -0.1) is 0 Å². The first-order valence-corrected chi connectivity index (χ1v) is 12.8. The molecule has 2 fully saturated rings. The van der Waals surface area contributed by atoms with Gasteiger partial charge in [0.2, 0.25) is 0 Å². The zero-order chi connectivity index (χ0) is 27.2. The zero-order valence-corrected chi connectivity index (χ0v) is 21.7. The van der Waals surface area contributed by atoms with Crippen LogP contribution in [-0.2, 0) is 14.3 Å². The molecule has 10 nitrogen and oxygen atoms in total. The molecule has 1 amide bonds. The van der Waals surface area contributed by atoms with E-state index in [0.29, 0.717) is 55.6 Å². The van der Waals surface area contributed by atoms with Crippen LogP contribution in [0.3, 0.4) is 0 Å². The maximum absolute atomic E-state index is 13.2. The molecule has 10 heteroatoms. The third kappa shape index (κ3) is 6.20. The molecule has 2 aromatic rings. The SMILES string of the molecule is CC(C)COc1ccc(/C(O)=C2\C(=O)C(=O)N(CCCN3CCOCC3)C2c2ccc([N+](=O)[O-])cc2)cc1. The van der Waals surface area contributed by atoms with Gasteiger partial charge in [-0.1, -0.05) is 13.8 Å². The van der Waals surface area contributed by atoms with E-state index in [1.165, 1.54) is 29.2 Å². The summed E-state index contributed by atoms with van der Waals surface area (Å²) in [6.07, 6.45) is 0.623. The average Bonchev–Trinajstić information content (AvgIpc) is 3.17. The maximum Gasteiger partial charge on any atom is 0.295 e. The lowest BCUT2D eigenvalue weighted by molar-refractivity contribution is -0.384. The molecule has 0 bridgehead atoms. The van der Waals surface area contributed by atoms with Gasteiger partial charge in [-0.2, -0.15) is 0 Å². The molecule has 1 atom stereocenters. The predicted molar refractivity (Wildman–Crippen MR) is 141 cm³/mol. The number of nitro benzene ring substituents is 1. The fraction of sp³-hybridized carbons (Fsp3) is 0.429. The standard InChI is InChI=1S/C28H33N3O7/c1-19(2)18-38-23-10-6-21(7-11-23)26(32)24-25(20-4-8-22(9-5-20)31(35)36)30(28(34)27(24)33)13-3-12-29-14-16-37-17-15-29/h4-11,19,25,32H,3,12-18H2,1-2H3/b26-24+. The van der Waals surface area contributed by atoms with Gasteiger partial charge in [-0.05, 0) is 54.3 Å². The largest absolute Gasteiger partial charge is 0.507 e. The maximum atomic E-state index is 13.2. The number of ether oxygens (including phenoxy) is 2. The van der Waals surface area contributed by atoms with E-state index in [-0.39, 0.29) is 17.0 Å². The summed E-state index contributed by atoms with van der Waals surface area (Å²) < 4.78 is 11.1. The lowest BCUT2D eigenvalue weighted by atomic mass is 9.95. The Morgan fingerprint density at radius 2 is 1.74 bits per heavy atom. The van der Waals surface area contributed by atoms with E-state index < -0.39 is 22.7 Å². The first-order valence-electron chi connectivity index (χ1n) is 12.8. The molecule has 2 saturated heterocycles. The van der Waals surface area contributed by atoms with Crippen molar-refractivity contribution in [2.45, 2.75) is 26.3 Å². The minimum atomic E-state index is -0.864. The molecule has 38 heavy (non-hydrogen) atoms. The van der Waals surface area contributed by atoms with Crippen molar-refractivity contribution in [3.63, 3.8) is 0 Å². The number of morpholine rings is 1. The molecule has 0 saturated carbocycles. The molecular weight excluding hydrogens is 490 g/mol. The number of Topliss-reactive ketones (excluding diaryl/α,β-unsaturated/α-hetero) is 1. The van der Waals surface area contributed by atoms with Gasteiger partial charge in [0, 0.05) is 43.9 Å². The van der Waals surface area contributed by atoms with Gasteiger partial charge in [0.1, 0.15) is 11.5 Å². The summed E-state index contributed by atoms with van der Waals surface area (Å²) in [6, 6.07) is 11.6. The summed E-state index contributed by atoms with van der Waals surface area (Å²) >= 11 is 0. The van der Waals surface area contributed by atoms with Crippen molar-refractivity contribution in [2.75, 3.05) is 46.0 Å². The Bertz CT molecular complexity index is 1190. The van der Waals surface area contributed by atoms with E-state index in [9.17, 15) is 24.8 Å². The molecule has 0 aliphatic carbocycles. The number of non-ortho nitro benzene ring substituents is 1. The van der Waals surface area contributed by atoms with Gasteiger partial charge in [-0.25, -0.2) is 0 Å². The van der Waals surface area contributed by atoms with Crippen molar-refractivity contribution in [3.05, 3.63) is 75.3 Å². The fourth-order valence-corrected chi connectivity index (χ4v) is 4.65. The van der Waals surface area contributed by atoms with E-state index in [0.717, 1.165) is 19.6 Å². The summed E-state index contributed by atoms with van der Waals surface area (Å²) in [5, 5.41) is 22.4. The lowest BCUT2D eigenvalue weighted by Gasteiger charge is -2.29. The van der Waals surface area contributed by atoms with Gasteiger partial charge < -0.3 is 19.5 Å². The molecular formula is C28H33N3O7. The van der Waals surface area contributed by atoms with Gasteiger partial charge in [0.15, 0.2) is 0 Å². The molecule has 2 aliphatic rings. The minimum absolute atomic E-state index is 0.0360. The Labute approximate surface area is 221 Å². The van der Waals surface area contributed by atoms with Gasteiger partial charge >= 0.3 is 0 Å². The van der Waals surface area contributed by atoms with Crippen LogP contribution in [0.25, 0.3) is 5.76 Å². The fourth-order valence-electron chi connectivity index (χ4n) is 4.65. The number of aliphatic hydroxyl groups excluding tert-OH is 1. The number of rotatable bonds is 10. The van der Waals surface area contributed by atoms with Gasteiger partial charge in [-0.3, -0.25) is 24.6 Å². The van der Waals surface area contributed by atoms with Crippen LogP contribution in [-0.4, -0.2) is 77.5 Å². The first kappa shape index (κ1) is 27.3. The number of ketones is 1. The Hall–Kier alpha value is -3.76. The number of nitro groups is 1. The van der Waals surface area contributed by atoms with E-state index in [1.807, 2.05) is 13.8 Å². The minimum Gasteiger partial charge on any atom is -0.507 e. The van der Waals surface area contributed by atoms with Crippen molar-refractivity contribution in [1.29, 1.82) is 0 Å². The van der Waals surface area contributed by atoms with Crippen LogP contribution in [0.2, 0.25) is 0 Å². The summed E-state index contributed by atoms with van der Waals surface area (Å²) in [4.78, 5) is 40.8. The van der Waals surface area contributed by atoms with Crippen molar-refractivity contribution in [3.8, 4) is 5.75 Å². The number of amides is 1. The monoisotopic (exact) mass is 523 g/mol. The predicted octanol–water partition coefficient (Wildman–Crippen LogP) is 3.77. The second-order valence-electron chi connectivity index (χ2n) is 9.88. The van der Waals surface area contributed by atoms with Crippen molar-refractivity contribution in [1.82, 2.24) is 9.80 Å². The Balaban J connectivity index is 1.64. The second kappa shape index (κ2) is 12.2. The number of hydrogen-bond acceptors (Lipinski definition) is 8. The number of hydrogen-bond donors (Lipinski definition) is 1. The van der Waals surface area contributed by atoms with Crippen LogP contribution in [0.4, 0.5) is 5.69 Å². The number of aliphatic hydroxyl groups is 1. The highest BCUT2D eigenvalue weighted by molar-refractivity contribution is 6.46. The Morgan fingerprint density at radius 3 is 2.34 bits per heavy atom. The van der Waals surface area contributed by atoms with Crippen LogP contribution >= 0.6 is 0 Å². The number of nitrogens with zero attached hydrogens (tertiary/aromatic N) is 3. The summed E-state index contributed by atoms with van der Waals surface area (Å²) in [5.74, 6) is -0.793. The van der Waals surface area contributed by atoms with Crippen molar-refractivity contribution in [2.24, 2.45) is 5.92 Å². The normalized spacial score (nSPS) is 19.8. The highest BCUT2D eigenvalue weighted by Crippen LogP contribution is 2.40. The highest BCUT2D eigenvalue weighted by Gasteiger charge is 2.46. The average molecular weight is 524 g/mol. The molecule has 0 radical (unpaired) electrons. The van der Waals surface area contributed by atoms with Gasteiger partial charge in [0.25, 0.3) is 17.4 Å². The van der Waals surface area contributed by atoms with Crippen LogP contribution in [0, 0.1) is 16.0 Å². The number of carbonyl (C=O) groups is 2. The van der Waals surface area contributed by atoms with Crippen LogP contribution in [0.15, 0.2) is 54.1 Å². The van der Waals surface area contributed by atoms with Crippen LogP contribution in [0.5, 0.6) is 5.75 Å². The first-order chi connectivity index (χ1) is 18.3. The molecule has 0 aromatic heterocycles. The topological polar surface area (TPSA) is 122 Å². The zero-order valence-electron chi connectivity index (χ0n) is 21.7. The third-order valence-electron chi connectivity index (χ3n) is 6.65. The molecule has 0 spiro atoms. The van der Waals surface area contributed by atoms with E-state index in [1.54, 1.807) is 24.3 Å². The quantitative estimate of drug-likeness (QED) is 0.164. The molecule has 4 rings (SSSR count). The second-order valence-corrected chi connectivity index (χ2v) is 9.88. The molecule has 2 heterocycles. The molecule has 2 aromatic carbocycles. The van der Waals surface area contributed by atoms with Crippen LogP contribution in [0.1, 0.15) is 37.4 Å². The van der Waals surface area contributed by atoms with E-state index in [2.05, 4.69) is 4.90 Å². The Morgan fingerprint density at radius 1 is 1.08 bits per heavy atom. The van der Waals surface area contributed by atoms with Gasteiger partial charge in [0.05, 0.1) is 36.4 Å². The van der Waals surface area contributed by atoms with Crippen LogP contribution < -0.4 is 4.74 Å². The van der Waals surface area contributed by atoms with E-state index in [4.69, 9.17) is 9.47 Å². The lowest BCUT2D eigenvalue weighted by Crippen LogP contribution is -2.38. The Kier molecular flexibility index (Phi) is 8.75. The molecule has 2 aliphatic heterocycles. The van der Waals surface area contributed by atoms with Crippen molar-refractivity contribution < 1.29 is 29.1 Å². The molecule has 202 valence electrons. The third-order valence-corrected chi connectivity index (χ3v) is 6.65. The van der Waals surface area contributed by atoms with E-state index >= 15 is 0 Å². The summed E-state index contributed by atoms with van der Waals surface area (Å²) in [6.45, 7) is 8.59. The number of carbonyl (C=O) groups excluding carboxylic acids is 2.